The summed E-state index contributed by atoms with van der Waals surface area (Å²) in [6.45, 7) is 4.13. The zero-order chi connectivity index (χ0) is 12.4. The number of nitrogens with zero attached hydrogens (tertiary/aromatic N) is 1. The quantitative estimate of drug-likeness (QED) is 0.907. The summed E-state index contributed by atoms with van der Waals surface area (Å²) in [6, 6.07) is 6.40. The molecule has 90 valence electrons. The third kappa shape index (κ3) is 2.68. The lowest BCUT2D eigenvalue weighted by atomic mass is 10.1. The number of rotatable bonds is 3. The molecule has 1 atom stereocenters. The fourth-order valence-electron chi connectivity index (χ4n) is 1.49. The molecule has 1 aromatic heterocycles. The van der Waals surface area contributed by atoms with Crippen LogP contribution in [0.2, 0.25) is 5.02 Å². The van der Waals surface area contributed by atoms with Crippen LogP contribution in [0.3, 0.4) is 0 Å². The third-order valence-electron chi connectivity index (χ3n) is 2.80. The summed E-state index contributed by atoms with van der Waals surface area (Å²) >= 11 is 7.83. The molecule has 2 rings (SSSR count). The SMILES string of the molecule is CNC(C)c1cnc(-c2ccc(C)c(Cl)c2)s1. The molecule has 2 nitrogen and oxygen atoms in total. The van der Waals surface area contributed by atoms with E-state index in [0.29, 0.717) is 6.04 Å². The topological polar surface area (TPSA) is 24.9 Å². The van der Waals surface area contributed by atoms with E-state index in [1.54, 1.807) is 11.3 Å². The van der Waals surface area contributed by atoms with Crippen molar-refractivity contribution in [1.29, 1.82) is 0 Å². The third-order valence-corrected chi connectivity index (χ3v) is 4.44. The van der Waals surface area contributed by atoms with Gasteiger partial charge in [-0.05, 0) is 32.5 Å². The Kier molecular flexibility index (Phi) is 3.82. The van der Waals surface area contributed by atoms with Crippen molar-refractivity contribution < 1.29 is 0 Å². The van der Waals surface area contributed by atoms with Gasteiger partial charge in [0.25, 0.3) is 0 Å². The molecule has 17 heavy (non-hydrogen) atoms. The molecule has 0 aliphatic heterocycles. The molecule has 1 aromatic carbocycles. The summed E-state index contributed by atoms with van der Waals surface area (Å²) in [4.78, 5) is 5.68. The second-order valence-electron chi connectivity index (χ2n) is 4.04. The van der Waals surface area contributed by atoms with Crippen molar-refractivity contribution in [2.75, 3.05) is 7.05 Å². The average Bonchev–Trinajstić information content (AvgIpc) is 2.81. The lowest BCUT2D eigenvalue weighted by Crippen LogP contribution is -2.10. The fraction of sp³-hybridized carbons (Fsp3) is 0.308. The smallest absolute Gasteiger partial charge is 0.123 e. The molecule has 1 N–H and O–H groups in total. The molecule has 0 aliphatic rings. The number of thiazole rings is 1. The van der Waals surface area contributed by atoms with Gasteiger partial charge in [-0.2, -0.15) is 0 Å². The van der Waals surface area contributed by atoms with Crippen molar-refractivity contribution in [2.24, 2.45) is 0 Å². The second kappa shape index (κ2) is 5.17. The lowest BCUT2D eigenvalue weighted by molar-refractivity contribution is 0.662. The molecular weight excluding hydrogens is 252 g/mol. The molecule has 0 spiro atoms. The Labute approximate surface area is 111 Å². The summed E-state index contributed by atoms with van der Waals surface area (Å²) in [5, 5.41) is 5.02. The van der Waals surface area contributed by atoms with Gasteiger partial charge in [0.1, 0.15) is 5.01 Å². The highest BCUT2D eigenvalue weighted by molar-refractivity contribution is 7.15. The first-order valence-corrected chi connectivity index (χ1v) is 6.70. The first-order valence-electron chi connectivity index (χ1n) is 5.51. The highest BCUT2D eigenvalue weighted by Gasteiger charge is 2.10. The van der Waals surface area contributed by atoms with Gasteiger partial charge >= 0.3 is 0 Å². The predicted octanol–water partition coefficient (Wildman–Crippen LogP) is 4.05. The number of hydrogen-bond donors (Lipinski definition) is 1. The Balaban J connectivity index is 2.33. The van der Waals surface area contributed by atoms with Gasteiger partial charge in [-0.3, -0.25) is 0 Å². The average molecular weight is 267 g/mol. The van der Waals surface area contributed by atoms with E-state index in [0.717, 1.165) is 21.2 Å². The van der Waals surface area contributed by atoms with E-state index in [1.165, 1.54) is 4.88 Å². The van der Waals surface area contributed by atoms with Crippen molar-refractivity contribution >= 4 is 22.9 Å². The Bertz CT molecular complexity index is 522. The summed E-state index contributed by atoms with van der Waals surface area (Å²) < 4.78 is 0. The Morgan fingerprint density at radius 2 is 2.18 bits per heavy atom. The molecule has 0 fully saturated rings. The van der Waals surface area contributed by atoms with Crippen LogP contribution in [0.25, 0.3) is 10.6 Å². The maximum absolute atomic E-state index is 6.12. The van der Waals surface area contributed by atoms with Crippen LogP contribution in [0.1, 0.15) is 23.4 Å². The van der Waals surface area contributed by atoms with Crippen LogP contribution in [0, 0.1) is 6.92 Å². The van der Waals surface area contributed by atoms with Gasteiger partial charge in [0, 0.05) is 27.7 Å². The molecule has 1 heterocycles. The molecular formula is C13H15ClN2S. The predicted molar refractivity (Wildman–Crippen MR) is 74.8 cm³/mol. The highest BCUT2D eigenvalue weighted by Crippen LogP contribution is 2.30. The maximum Gasteiger partial charge on any atom is 0.123 e. The first-order chi connectivity index (χ1) is 8.11. The zero-order valence-electron chi connectivity index (χ0n) is 10.1. The number of aryl methyl sites for hydroxylation is 1. The minimum Gasteiger partial charge on any atom is -0.312 e. The van der Waals surface area contributed by atoms with Crippen molar-refractivity contribution in [3.05, 3.63) is 39.9 Å². The fourth-order valence-corrected chi connectivity index (χ4v) is 2.64. The standard InChI is InChI=1S/C13H15ClN2S/c1-8-4-5-10(6-11(8)14)13-16-7-12(17-13)9(2)15-3/h4-7,9,15H,1-3H3. The van der Waals surface area contributed by atoms with Gasteiger partial charge in [0.2, 0.25) is 0 Å². The molecule has 4 heteroatoms. The van der Waals surface area contributed by atoms with Crippen LogP contribution >= 0.6 is 22.9 Å². The number of aromatic nitrogens is 1. The van der Waals surface area contributed by atoms with Crippen molar-refractivity contribution in [1.82, 2.24) is 10.3 Å². The maximum atomic E-state index is 6.12. The van der Waals surface area contributed by atoms with Gasteiger partial charge < -0.3 is 5.32 Å². The van der Waals surface area contributed by atoms with Crippen LogP contribution in [0.4, 0.5) is 0 Å². The number of nitrogens with one attached hydrogen (secondary N) is 1. The van der Waals surface area contributed by atoms with E-state index in [4.69, 9.17) is 11.6 Å². The molecule has 0 radical (unpaired) electrons. The van der Waals surface area contributed by atoms with Crippen molar-refractivity contribution in [2.45, 2.75) is 19.9 Å². The van der Waals surface area contributed by atoms with Crippen LogP contribution in [0.5, 0.6) is 0 Å². The van der Waals surface area contributed by atoms with E-state index in [-0.39, 0.29) is 0 Å². The molecule has 2 aromatic rings. The molecule has 0 amide bonds. The van der Waals surface area contributed by atoms with Crippen molar-refractivity contribution in [3.8, 4) is 10.6 Å². The number of halogens is 1. The lowest BCUT2D eigenvalue weighted by Gasteiger charge is -2.05. The van der Waals surface area contributed by atoms with Gasteiger partial charge in [0.05, 0.1) is 0 Å². The summed E-state index contributed by atoms with van der Waals surface area (Å²) in [7, 11) is 1.95. The van der Waals surface area contributed by atoms with E-state index in [2.05, 4.69) is 23.3 Å². The molecule has 0 bridgehead atoms. The summed E-state index contributed by atoms with van der Waals surface area (Å²) in [6.07, 6.45) is 1.93. The Morgan fingerprint density at radius 3 is 2.82 bits per heavy atom. The molecule has 0 aliphatic carbocycles. The van der Waals surface area contributed by atoms with Crippen LogP contribution in [0.15, 0.2) is 24.4 Å². The molecule has 0 saturated heterocycles. The Morgan fingerprint density at radius 1 is 1.41 bits per heavy atom. The summed E-state index contributed by atoms with van der Waals surface area (Å²) in [5.41, 5.74) is 2.18. The normalized spacial score (nSPS) is 12.7. The largest absolute Gasteiger partial charge is 0.312 e. The minimum atomic E-state index is 0.335. The zero-order valence-corrected chi connectivity index (χ0v) is 11.7. The minimum absolute atomic E-state index is 0.335. The second-order valence-corrected chi connectivity index (χ2v) is 5.51. The van der Waals surface area contributed by atoms with Crippen molar-refractivity contribution in [3.63, 3.8) is 0 Å². The number of hydrogen-bond acceptors (Lipinski definition) is 3. The van der Waals surface area contributed by atoms with Gasteiger partial charge in [-0.25, -0.2) is 4.98 Å². The number of benzene rings is 1. The van der Waals surface area contributed by atoms with Crippen LogP contribution < -0.4 is 5.32 Å². The van der Waals surface area contributed by atoms with E-state index in [1.807, 2.05) is 32.3 Å². The van der Waals surface area contributed by atoms with E-state index >= 15 is 0 Å². The van der Waals surface area contributed by atoms with E-state index in [9.17, 15) is 0 Å². The van der Waals surface area contributed by atoms with Gasteiger partial charge in [-0.1, -0.05) is 23.7 Å². The summed E-state index contributed by atoms with van der Waals surface area (Å²) in [5.74, 6) is 0. The van der Waals surface area contributed by atoms with E-state index < -0.39 is 0 Å². The first kappa shape index (κ1) is 12.6. The van der Waals surface area contributed by atoms with Gasteiger partial charge in [-0.15, -0.1) is 11.3 Å². The monoisotopic (exact) mass is 266 g/mol. The highest BCUT2D eigenvalue weighted by atomic mass is 35.5. The molecule has 1 unspecified atom stereocenters. The van der Waals surface area contributed by atoms with Crippen LogP contribution in [-0.2, 0) is 0 Å². The van der Waals surface area contributed by atoms with Crippen LogP contribution in [-0.4, -0.2) is 12.0 Å². The van der Waals surface area contributed by atoms with Gasteiger partial charge in [0.15, 0.2) is 0 Å². The Hall–Kier alpha value is -0.900. The molecule has 0 saturated carbocycles.